The molecule has 2 atom stereocenters. The Morgan fingerprint density at radius 3 is 2.19 bits per heavy atom. The number of morpholine rings is 1. The Labute approximate surface area is 160 Å². The fourth-order valence-electron chi connectivity index (χ4n) is 4.02. The highest BCUT2D eigenvalue weighted by atomic mass is 16.5. The van der Waals surface area contributed by atoms with E-state index in [4.69, 9.17) is 4.74 Å². The molecule has 6 heteroatoms. The monoisotopic (exact) mass is 370 g/mol. The van der Waals surface area contributed by atoms with Gasteiger partial charge in [0.05, 0.1) is 19.3 Å². The quantitative estimate of drug-likeness (QED) is 0.557. The third-order valence-electron chi connectivity index (χ3n) is 5.47. The lowest BCUT2D eigenvalue weighted by Gasteiger charge is -2.33. The number of aliphatic hydroxyl groups is 1. The molecule has 0 aromatic rings. The Morgan fingerprint density at radius 2 is 1.54 bits per heavy atom. The number of rotatable bonds is 9. The van der Waals surface area contributed by atoms with Gasteiger partial charge in [-0.2, -0.15) is 0 Å². The van der Waals surface area contributed by atoms with E-state index >= 15 is 0 Å². The first-order valence-electron chi connectivity index (χ1n) is 10.4. The van der Waals surface area contributed by atoms with Crippen LogP contribution in [0, 0.1) is 5.92 Å². The van der Waals surface area contributed by atoms with Crippen molar-refractivity contribution >= 4 is 0 Å². The zero-order valence-corrected chi connectivity index (χ0v) is 17.7. The van der Waals surface area contributed by atoms with Crippen molar-refractivity contribution in [1.82, 2.24) is 20.4 Å². The predicted molar refractivity (Wildman–Crippen MR) is 108 cm³/mol. The van der Waals surface area contributed by atoms with Gasteiger partial charge in [0, 0.05) is 69.4 Å². The van der Waals surface area contributed by atoms with Gasteiger partial charge in [0.15, 0.2) is 0 Å². The maximum Gasteiger partial charge on any atom is 0.0708 e. The van der Waals surface area contributed by atoms with Crippen LogP contribution in [0.3, 0.4) is 0 Å². The first kappa shape index (κ1) is 22.1. The summed E-state index contributed by atoms with van der Waals surface area (Å²) in [6, 6.07) is 0. The van der Waals surface area contributed by atoms with Gasteiger partial charge < -0.3 is 20.5 Å². The number of hydrogen-bond donors (Lipinski definition) is 3. The Kier molecular flexibility index (Phi) is 8.32. The summed E-state index contributed by atoms with van der Waals surface area (Å²) in [7, 11) is 0. The minimum atomic E-state index is -0.204. The standard InChI is InChI=1S/C20H42N4O2/c1-19(2,3)21-6-9-24-15-17(18(25)16-24)14-20(4,5)22-7-8-23-10-12-26-13-11-23/h17-18,21-22,25H,6-16H2,1-5H3. The van der Waals surface area contributed by atoms with Gasteiger partial charge >= 0.3 is 0 Å². The number of hydrogen-bond acceptors (Lipinski definition) is 6. The van der Waals surface area contributed by atoms with Crippen LogP contribution in [0.5, 0.6) is 0 Å². The van der Waals surface area contributed by atoms with Crippen molar-refractivity contribution in [2.75, 3.05) is 65.6 Å². The van der Waals surface area contributed by atoms with Gasteiger partial charge in [0.2, 0.25) is 0 Å². The first-order valence-corrected chi connectivity index (χ1v) is 10.4. The molecule has 6 nitrogen and oxygen atoms in total. The van der Waals surface area contributed by atoms with Crippen LogP contribution < -0.4 is 10.6 Å². The molecule has 2 heterocycles. The largest absolute Gasteiger partial charge is 0.391 e. The van der Waals surface area contributed by atoms with Gasteiger partial charge in [0.25, 0.3) is 0 Å². The number of nitrogens with one attached hydrogen (secondary N) is 2. The van der Waals surface area contributed by atoms with Crippen LogP contribution in [-0.2, 0) is 4.74 Å². The summed E-state index contributed by atoms with van der Waals surface area (Å²) in [6.45, 7) is 20.8. The van der Waals surface area contributed by atoms with Crippen molar-refractivity contribution < 1.29 is 9.84 Å². The molecule has 0 aromatic heterocycles. The fourth-order valence-corrected chi connectivity index (χ4v) is 4.02. The van der Waals surface area contributed by atoms with Crippen LogP contribution in [0.25, 0.3) is 0 Å². The van der Waals surface area contributed by atoms with Crippen molar-refractivity contribution in [3.63, 3.8) is 0 Å². The van der Waals surface area contributed by atoms with E-state index in [-0.39, 0.29) is 17.2 Å². The molecule has 0 bridgehead atoms. The minimum Gasteiger partial charge on any atom is -0.391 e. The van der Waals surface area contributed by atoms with Gasteiger partial charge in [-0.15, -0.1) is 0 Å². The number of aliphatic hydroxyl groups excluding tert-OH is 1. The van der Waals surface area contributed by atoms with E-state index in [0.29, 0.717) is 5.92 Å². The first-order chi connectivity index (χ1) is 12.1. The van der Waals surface area contributed by atoms with E-state index in [9.17, 15) is 5.11 Å². The molecule has 2 fully saturated rings. The Balaban J connectivity index is 1.67. The van der Waals surface area contributed by atoms with Gasteiger partial charge in [-0.1, -0.05) is 0 Å². The van der Waals surface area contributed by atoms with Crippen LogP contribution in [-0.4, -0.2) is 97.7 Å². The molecule has 2 aliphatic heterocycles. The molecule has 3 N–H and O–H groups in total. The molecule has 0 aliphatic carbocycles. The molecule has 2 aliphatic rings. The van der Waals surface area contributed by atoms with E-state index in [2.05, 4.69) is 55.1 Å². The van der Waals surface area contributed by atoms with Gasteiger partial charge in [-0.05, 0) is 41.0 Å². The number of likely N-dealkylation sites (tertiary alicyclic amines) is 1. The normalized spacial score (nSPS) is 26.5. The second-order valence-electron chi connectivity index (χ2n) is 9.73. The zero-order valence-electron chi connectivity index (χ0n) is 17.7. The lowest BCUT2D eigenvalue weighted by molar-refractivity contribution is 0.0372. The lowest BCUT2D eigenvalue weighted by Crippen LogP contribution is -2.47. The number of β-amino-alcohol motifs (C(OH)–C–C–N with tert-alkyl or cyclic N) is 1. The van der Waals surface area contributed by atoms with Gasteiger partial charge in [-0.25, -0.2) is 0 Å². The number of ether oxygens (including phenoxy) is 1. The Morgan fingerprint density at radius 1 is 0.923 bits per heavy atom. The molecule has 0 radical (unpaired) electrons. The summed E-state index contributed by atoms with van der Waals surface area (Å²) < 4.78 is 5.40. The summed E-state index contributed by atoms with van der Waals surface area (Å²) in [4.78, 5) is 4.86. The molecule has 2 saturated heterocycles. The third-order valence-corrected chi connectivity index (χ3v) is 5.47. The van der Waals surface area contributed by atoms with Crippen molar-refractivity contribution in [3.8, 4) is 0 Å². The predicted octanol–water partition coefficient (Wildman–Crippen LogP) is 0.758. The molecular formula is C20H42N4O2. The van der Waals surface area contributed by atoms with Crippen LogP contribution in [0.2, 0.25) is 0 Å². The molecule has 0 aromatic carbocycles. The van der Waals surface area contributed by atoms with Crippen molar-refractivity contribution in [2.45, 2.75) is 58.2 Å². The van der Waals surface area contributed by atoms with E-state index in [1.54, 1.807) is 0 Å². The van der Waals surface area contributed by atoms with Crippen molar-refractivity contribution in [3.05, 3.63) is 0 Å². The Hall–Kier alpha value is -0.240. The highest BCUT2D eigenvalue weighted by Gasteiger charge is 2.35. The van der Waals surface area contributed by atoms with Crippen LogP contribution in [0.15, 0.2) is 0 Å². The highest BCUT2D eigenvalue weighted by Crippen LogP contribution is 2.26. The lowest BCUT2D eigenvalue weighted by atomic mass is 9.88. The summed E-state index contributed by atoms with van der Waals surface area (Å²) in [5.74, 6) is 0.357. The van der Waals surface area contributed by atoms with Crippen LogP contribution >= 0.6 is 0 Å². The molecule has 0 saturated carbocycles. The van der Waals surface area contributed by atoms with Crippen molar-refractivity contribution in [2.24, 2.45) is 5.92 Å². The maximum absolute atomic E-state index is 10.5. The summed E-state index contributed by atoms with van der Waals surface area (Å²) in [6.07, 6.45) is 0.811. The van der Waals surface area contributed by atoms with Gasteiger partial charge in [0.1, 0.15) is 0 Å². The minimum absolute atomic E-state index is 0.0532. The van der Waals surface area contributed by atoms with E-state index in [0.717, 1.165) is 72.0 Å². The maximum atomic E-state index is 10.5. The third kappa shape index (κ3) is 8.19. The number of nitrogens with zero attached hydrogens (tertiary/aromatic N) is 2. The highest BCUT2D eigenvalue weighted by molar-refractivity contribution is 4.91. The molecule has 154 valence electrons. The van der Waals surface area contributed by atoms with E-state index in [1.807, 2.05) is 0 Å². The average Bonchev–Trinajstić information content (AvgIpc) is 2.86. The van der Waals surface area contributed by atoms with Gasteiger partial charge in [-0.3, -0.25) is 9.80 Å². The molecule has 2 rings (SSSR count). The SMILES string of the molecule is CC(C)(C)NCCN1CC(O)C(CC(C)(C)NCCN2CCOCC2)C1. The van der Waals surface area contributed by atoms with Crippen LogP contribution in [0.4, 0.5) is 0 Å². The summed E-state index contributed by atoms with van der Waals surface area (Å²) >= 11 is 0. The summed E-state index contributed by atoms with van der Waals surface area (Å²) in [5, 5.41) is 17.7. The molecule has 26 heavy (non-hydrogen) atoms. The zero-order chi connectivity index (χ0) is 19.2. The van der Waals surface area contributed by atoms with E-state index < -0.39 is 0 Å². The second kappa shape index (κ2) is 9.80. The van der Waals surface area contributed by atoms with Crippen LogP contribution in [0.1, 0.15) is 41.0 Å². The molecule has 0 amide bonds. The molecular weight excluding hydrogens is 328 g/mol. The smallest absolute Gasteiger partial charge is 0.0708 e. The topological polar surface area (TPSA) is 60.0 Å². The average molecular weight is 371 g/mol. The van der Waals surface area contributed by atoms with E-state index in [1.165, 1.54) is 0 Å². The molecule has 2 unspecified atom stereocenters. The Bertz CT molecular complexity index is 405. The van der Waals surface area contributed by atoms with Crippen molar-refractivity contribution in [1.29, 1.82) is 0 Å². The second-order valence-corrected chi connectivity index (χ2v) is 9.73. The fraction of sp³-hybridized carbons (Fsp3) is 1.00. The molecule has 0 spiro atoms. The summed E-state index contributed by atoms with van der Waals surface area (Å²) in [5.41, 5.74) is 0.210.